The summed E-state index contributed by atoms with van der Waals surface area (Å²) < 4.78 is 16.5. The van der Waals surface area contributed by atoms with Crippen LogP contribution in [0.2, 0.25) is 0 Å². The summed E-state index contributed by atoms with van der Waals surface area (Å²) in [5, 5.41) is 14.4. The lowest BCUT2D eigenvalue weighted by atomic mass is 9.85. The molecule has 8 nitrogen and oxygen atoms in total. The summed E-state index contributed by atoms with van der Waals surface area (Å²) in [6, 6.07) is 4.18. The number of guanidine groups is 1. The number of methoxy groups -OCH3 is 3. The van der Waals surface area contributed by atoms with Gasteiger partial charge in [-0.05, 0) is 83.4 Å². The Bertz CT molecular complexity index is 914. The van der Waals surface area contributed by atoms with Crippen molar-refractivity contribution in [2.45, 2.75) is 76.5 Å². The third-order valence-corrected chi connectivity index (χ3v) is 7.89. The van der Waals surface area contributed by atoms with Gasteiger partial charge in [-0.15, -0.1) is 0 Å². The van der Waals surface area contributed by atoms with Crippen LogP contribution in [0.15, 0.2) is 28.4 Å². The Hall–Kier alpha value is -2.45. The highest BCUT2D eigenvalue weighted by Crippen LogP contribution is 2.35. The van der Waals surface area contributed by atoms with Crippen LogP contribution in [0.4, 0.5) is 0 Å². The van der Waals surface area contributed by atoms with Gasteiger partial charge in [0.25, 0.3) is 0 Å². The number of hydrogen-bond acceptors (Lipinski definition) is 6. The van der Waals surface area contributed by atoms with Gasteiger partial charge in [-0.25, -0.2) is 4.99 Å². The predicted molar refractivity (Wildman–Crippen MR) is 140 cm³/mol. The number of rotatable bonds is 9. The Morgan fingerprint density at radius 2 is 1.69 bits per heavy atom. The molecule has 0 saturated heterocycles. The maximum atomic E-state index is 5.58. The molecule has 3 aliphatic rings. The number of ether oxygens (including phenoxy) is 3. The minimum atomic E-state index is -0.204. The number of likely N-dealkylation sites (N-methyl/N-ethyl adjacent to an activating group) is 1. The lowest BCUT2D eigenvalue weighted by molar-refractivity contribution is 0.310. The third kappa shape index (κ3) is 5.86. The summed E-state index contributed by atoms with van der Waals surface area (Å²) in [6.45, 7) is 3.91. The molecule has 1 atom stereocenters. The van der Waals surface area contributed by atoms with Gasteiger partial charge in [0, 0.05) is 24.4 Å². The molecular weight excluding hydrogens is 442 g/mol. The molecule has 0 aromatic heterocycles. The van der Waals surface area contributed by atoms with E-state index in [1.165, 1.54) is 37.0 Å². The zero-order chi connectivity index (χ0) is 24.8. The molecule has 35 heavy (non-hydrogen) atoms. The van der Waals surface area contributed by atoms with E-state index >= 15 is 0 Å². The summed E-state index contributed by atoms with van der Waals surface area (Å²) in [7, 11) is 7.05. The number of nitrogens with zero attached hydrogens (tertiary/aromatic N) is 1. The van der Waals surface area contributed by atoms with Crippen molar-refractivity contribution < 1.29 is 14.2 Å². The summed E-state index contributed by atoms with van der Waals surface area (Å²) in [5.74, 6) is 3.89. The summed E-state index contributed by atoms with van der Waals surface area (Å²) >= 11 is 0. The Kier molecular flexibility index (Phi) is 8.44. The van der Waals surface area contributed by atoms with E-state index in [1.54, 1.807) is 21.3 Å². The predicted octanol–water partition coefficient (Wildman–Crippen LogP) is 3.67. The first kappa shape index (κ1) is 25.6. The highest BCUT2D eigenvalue weighted by Gasteiger charge is 2.36. The zero-order valence-electron chi connectivity index (χ0n) is 22.1. The second-order valence-electron chi connectivity index (χ2n) is 10.1. The Balaban J connectivity index is 1.29. The standard InChI is InChI=1S/C27H43N5O3/c1-27(28-2)22-8-6-7-9-23(22)31-26(32-27)30-19-12-10-18(11-13-19)16-29-17-21-24(34-4)14-20(33-3)15-25(21)35-5/h14-15,18-19,28-29H,6-13,16-17H2,1-5H3,(H2,30,31,32). The first-order valence-corrected chi connectivity index (χ1v) is 13.0. The zero-order valence-corrected chi connectivity index (χ0v) is 22.1. The first-order chi connectivity index (χ1) is 17.0. The fraction of sp³-hybridized carbons (Fsp3) is 0.667. The Morgan fingerprint density at radius 1 is 1.00 bits per heavy atom. The van der Waals surface area contributed by atoms with Crippen LogP contribution in [0.5, 0.6) is 17.2 Å². The minimum absolute atomic E-state index is 0.204. The van der Waals surface area contributed by atoms with Crippen LogP contribution in [0.25, 0.3) is 0 Å². The van der Waals surface area contributed by atoms with E-state index < -0.39 is 0 Å². The number of aliphatic imine (C=N–C) groups is 1. The van der Waals surface area contributed by atoms with Gasteiger partial charge in [-0.1, -0.05) is 0 Å². The molecule has 4 rings (SSSR count). The van der Waals surface area contributed by atoms with E-state index in [4.69, 9.17) is 19.2 Å². The smallest absolute Gasteiger partial charge is 0.197 e. The van der Waals surface area contributed by atoms with Crippen molar-refractivity contribution in [2.75, 3.05) is 34.9 Å². The molecule has 0 bridgehead atoms. The van der Waals surface area contributed by atoms with Crippen molar-refractivity contribution in [1.82, 2.24) is 21.3 Å². The van der Waals surface area contributed by atoms with Crippen molar-refractivity contribution in [1.29, 1.82) is 0 Å². The SMILES string of the molecule is CNC1(C)NC(=NC2CCC(CNCc3c(OC)cc(OC)cc3OC)CC2)NC2=C1CCCC2. The highest BCUT2D eigenvalue weighted by molar-refractivity contribution is 5.84. The number of allylic oxidation sites excluding steroid dienone is 1. The van der Waals surface area contributed by atoms with Crippen LogP contribution < -0.4 is 35.5 Å². The van der Waals surface area contributed by atoms with Gasteiger partial charge in [0.1, 0.15) is 22.9 Å². The largest absolute Gasteiger partial charge is 0.496 e. The van der Waals surface area contributed by atoms with Crippen LogP contribution in [-0.2, 0) is 6.54 Å². The molecular formula is C27H43N5O3. The average Bonchev–Trinajstić information content (AvgIpc) is 2.89. The molecule has 0 spiro atoms. The third-order valence-electron chi connectivity index (χ3n) is 7.89. The molecule has 0 amide bonds. The van der Waals surface area contributed by atoms with Gasteiger partial charge in [-0.2, -0.15) is 0 Å². The highest BCUT2D eigenvalue weighted by atomic mass is 16.5. The molecule has 1 heterocycles. The fourth-order valence-electron chi connectivity index (χ4n) is 5.67. The lowest BCUT2D eigenvalue weighted by Crippen LogP contribution is -2.64. The number of hydrogen-bond donors (Lipinski definition) is 4. The topological polar surface area (TPSA) is 88.2 Å². The molecule has 1 aromatic rings. The molecule has 1 aliphatic heterocycles. The fourth-order valence-corrected chi connectivity index (χ4v) is 5.67. The average molecular weight is 486 g/mol. The molecule has 1 unspecified atom stereocenters. The maximum absolute atomic E-state index is 5.58. The van der Waals surface area contributed by atoms with Crippen LogP contribution in [-0.4, -0.2) is 52.6 Å². The van der Waals surface area contributed by atoms with Crippen LogP contribution >= 0.6 is 0 Å². The summed E-state index contributed by atoms with van der Waals surface area (Å²) in [4.78, 5) is 5.11. The lowest BCUT2D eigenvalue weighted by Gasteiger charge is -2.43. The van der Waals surface area contributed by atoms with Crippen LogP contribution in [0, 0.1) is 5.92 Å². The quantitative estimate of drug-likeness (QED) is 0.424. The molecule has 1 saturated carbocycles. The van der Waals surface area contributed by atoms with Crippen molar-refractivity contribution in [2.24, 2.45) is 10.9 Å². The molecule has 2 aliphatic carbocycles. The minimum Gasteiger partial charge on any atom is -0.496 e. The molecule has 8 heteroatoms. The molecule has 1 aromatic carbocycles. The van der Waals surface area contributed by atoms with Gasteiger partial charge in [0.15, 0.2) is 5.96 Å². The van der Waals surface area contributed by atoms with Crippen molar-refractivity contribution in [3.05, 3.63) is 29.0 Å². The van der Waals surface area contributed by atoms with Gasteiger partial charge in [0.2, 0.25) is 0 Å². The van der Waals surface area contributed by atoms with Crippen LogP contribution in [0.3, 0.4) is 0 Å². The second-order valence-corrected chi connectivity index (χ2v) is 10.1. The van der Waals surface area contributed by atoms with Crippen molar-refractivity contribution in [3.63, 3.8) is 0 Å². The Morgan fingerprint density at radius 3 is 2.31 bits per heavy atom. The Labute approximate surface area is 210 Å². The van der Waals surface area contributed by atoms with Gasteiger partial charge in [-0.3, -0.25) is 5.32 Å². The van der Waals surface area contributed by atoms with Crippen LogP contribution in [0.1, 0.15) is 63.9 Å². The normalized spacial score (nSPS) is 27.6. The molecule has 194 valence electrons. The van der Waals surface area contributed by atoms with E-state index in [0.29, 0.717) is 18.5 Å². The first-order valence-electron chi connectivity index (χ1n) is 13.0. The second kappa shape index (κ2) is 11.5. The summed E-state index contributed by atoms with van der Waals surface area (Å²) in [6.07, 6.45) is 9.40. The molecule has 1 fully saturated rings. The summed E-state index contributed by atoms with van der Waals surface area (Å²) in [5.41, 5.74) is 3.65. The van der Waals surface area contributed by atoms with Crippen molar-refractivity contribution in [3.8, 4) is 17.2 Å². The van der Waals surface area contributed by atoms with Crippen molar-refractivity contribution >= 4 is 5.96 Å². The van der Waals surface area contributed by atoms with E-state index in [0.717, 1.165) is 61.0 Å². The van der Waals surface area contributed by atoms with E-state index in [-0.39, 0.29) is 5.66 Å². The maximum Gasteiger partial charge on any atom is 0.197 e. The molecule has 4 N–H and O–H groups in total. The number of nitrogens with one attached hydrogen (secondary N) is 4. The van der Waals surface area contributed by atoms with Gasteiger partial charge in [0.05, 0.1) is 32.9 Å². The van der Waals surface area contributed by atoms with Gasteiger partial charge < -0.3 is 30.2 Å². The number of benzene rings is 1. The van der Waals surface area contributed by atoms with E-state index in [2.05, 4.69) is 28.2 Å². The van der Waals surface area contributed by atoms with E-state index in [1.807, 2.05) is 19.2 Å². The van der Waals surface area contributed by atoms with Gasteiger partial charge >= 0.3 is 0 Å². The monoisotopic (exact) mass is 485 g/mol. The molecule has 0 radical (unpaired) electrons. The van der Waals surface area contributed by atoms with E-state index in [9.17, 15) is 0 Å².